The Morgan fingerprint density at radius 1 is 1.03 bits per heavy atom. The average Bonchev–Trinajstić information content (AvgIpc) is 2.67. The van der Waals surface area contributed by atoms with Gasteiger partial charge < -0.3 is 5.32 Å². The number of benzene rings is 2. The third-order valence-electron chi connectivity index (χ3n) is 4.43. The highest BCUT2D eigenvalue weighted by atomic mass is 32.2. The van der Waals surface area contributed by atoms with E-state index in [0.717, 1.165) is 0 Å². The van der Waals surface area contributed by atoms with Crippen molar-refractivity contribution in [2.24, 2.45) is 0 Å². The Morgan fingerprint density at radius 3 is 2.31 bits per heavy atom. The number of nitrogens with zero attached hydrogens (tertiary/aromatic N) is 2. The van der Waals surface area contributed by atoms with Gasteiger partial charge >= 0.3 is 0 Å². The molecule has 0 aliphatic rings. The first-order valence-corrected chi connectivity index (χ1v) is 10.3. The molecule has 1 atom stereocenters. The molecule has 6 nitrogen and oxygen atoms in total. The number of amides is 1. The summed E-state index contributed by atoms with van der Waals surface area (Å²) >= 11 is 1.28. The van der Waals surface area contributed by atoms with E-state index in [1.165, 1.54) is 18.7 Å². The van der Waals surface area contributed by atoms with E-state index >= 15 is 0 Å². The van der Waals surface area contributed by atoms with Gasteiger partial charge in [0.05, 0.1) is 16.2 Å². The third kappa shape index (κ3) is 4.56. The van der Waals surface area contributed by atoms with Crippen LogP contribution in [0.5, 0.6) is 0 Å². The van der Waals surface area contributed by atoms with E-state index in [2.05, 4.69) is 10.3 Å². The van der Waals surface area contributed by atoms with Crippen LogP contribution in [0, 0.1) is 0 Å². The van der Waals surface area contributed by atoms with Gasteiger partial charge in [-0.25, -0.2) is 4.98 Å². The number of carbonyl (C=O) groups excluding carboxylic acids is 2. The molecule has 1 amide bonds. The molecular weight excluding hydrogens is 386 g/mol. The van der Waals surface area contributed by atoms with Crippen molar-refractivity contribution >= 4 is 40.0 Å². The fraction of sp³-hybridized carbons (Fsp3) is 0.273. The zero-order valence-corrected chi connectivity index (χ0v) is 17.6. The molecule has 1 aromatic heterocycles. The molecule has 0 aliphatic carbocycles. The van der Waals surface area contributed by atoms with E-state index in [-0.39, 0.29) is 23.3 Å². The summed E-state index contributed by atoms with van der Waals surface area (Å²) in [6.45, 7) is 7.09. The molecule has 0 spiro atoms. The second kappa shape index (κ2) is 8.61. The van der Waals surface area contributed by atoms with Crippen LogP contribution in [0.15, 0.2) is 58.5 Å². The standard InChI is InChI=1S/C22H23N3O3S/c1-13(2)25-21(28)18-7-5-6-8-19(18)24-22(25)29-14(3)20(27)16-9-11-17(12-10-16)23-15(4)26/h5-14H,1-4H3,(H,23,26). The summed E-state index contributed by atoms with van der Waals surface area (Å²) in [5.41, 5.74) is 1.70. The number of hydrogen-bond acceptors (Lipinski definition) is 5. The van der Waals surface area contributed by atoms with Gasteiger partial charge in [0.15, 0.2) is 10.9 Å². The lowest BCUT2D eigenvalue weighted by Gasteiger charge is -2.18. The molecule has 2 aromatic carbocycles. The number of Topliss-reactive ketones (excluding diaryl/α,β-unsaturated/α-hetero) is 1. The van der Waals surface area contributed by atoms with Crippen molar-refractivity contribution in [3.8, 4) is 0 Å². The van der Waals surface area contributed by atoms with E-state index in [1.54, 1.807) is 47.9 Å². The number of aromatic nitrogens is 2. The van der Waals surface area contributed by atoms with Crippen LogP contribution in [0.25, 0.3) is 10.9 Å². The Labute approximate surface area is 173 Å². The molecule has 29 heavy (non-hydrogen) atoms. The van der Waals surface area contributed by atoms with Gasteiger partial charge in [0.1, 0.15) is 0 Å². The van der Waals surface area contributed by atoms with E-state index in [1.807, 2.05) is 26.0 Å². The van der Waals surface area contributed by atoms with Gasteiger partial charge in [0, 0.05) is 24.2 Å². The molecule has 1 N–H and O–H groups in total. The second-order valence-electron chi connectivity index (χ2n) is 7.06. The van der Waals surface area contributed by atoms with Gasteiger partial charge in [-0.3, -0.25) is 19.0 Å². The smallest absolute Gasteiger partial charge is 0.262 e. The lowest BCUT2D eigenvalue weighted by molar-refractivity contribution is -0.114. The number of hydrogen-bond donors (Lipinski definition) is 1. The van der Waals surface area contributed by atoms with Crippen LogP contribution < -0.4 is 10.9 Å². The minimum atomic E-state index is -0.431. The zero-order chi connectivity index (χ0) is 21.1. The predicted molar refractivity (Wildman–Crippen MR) is 117 cm³/mol. The third-order valence-corrected chi connectivity index (χ3v) is 5.50. The Balaban J connectivity index is 1.90. The van der Waals surface area contributed by atoms with Crippen LogP contribution >= 0.6 is 11.8 Å². The van der Waals surface area contributed by atoms with Crippen LogP contribution in [-0.4, -0.2) is 26.5 Å². The molecule has 3 rings (SSSR count). The number of thioether (sulfide) groups is 1. The quantitative estimate of drug-likeness (QED) is 0.373. The van der Waals surface area contributed by atoms with Gasteiger partial charge in [-0.2, -0.15) is 0 Å². The molecule has 0 fully saturated rings. The number of anilines is 1. The van der Waals surface area contributed by atoms with Gasteiger partial charge in [0.25, 0.3) is 5.56 Å². The minimum absolute atomic E-state index is 0.0675. The molecule has 0 saturated heterocycles. The molecule has 1 unspecified atom stereocenters. The van der Waals surface area contributed by atoms with E-state index < -0.39 is 5.25 Å². The second-order valence-corrected chi connectivity index (χ2v) is 8.37. The summed E-state index contributed by atoms with van der Waals surface area (Å²) in [4.78, 5) is 41.6. The highest BCUT2D eigenvalue weighted by molar-refractivity contribution is 8.00. The van der Waals surface area contributed by atoms with Gasteiger partial charge in [0.2, 0.25) is 5.91 Å². The molecule has 1 heterocycles. The fourth-order valence-corrected chi connectivity index (χ4v) is 4.15. The van der Waals surface area contributed by atoms with Crippen molar-refractivity contribution in [3.05, 3.63) is 64.4 Å². The van der Waals surface area contributed by atoms with Crippen LogP contribution in [0.4, 0.5) is 5.69 Å². The van der Waals surface area contributed by atoms with Gasteiger partial charge in [-0.1, -0.05) is 23.9 Å². The van der Waals surface area contributed by atoms with Crippen LogP contribution in [0.2, 0.25) is 0 Å². The van der Waals surface area contributed by atoms with Crippen molar-refractivity contribution in [2.45, 2.75) is 44.1 Å². The average molecular weight is 410 g/mol. The maximum Gasteiger partial charge on any atom is 0.262 e. The Kier molecular flexibility index (Phi) is 6.17. The Morgan fingerprint density at radius 2 is 1.69 bits per heavy atom. The van der Waals surface area contributed by atoms with Crippen LogP contribution in [0.1, 0.15) is 44.1 Å². The molecule has 0 saturated carbocycles. The summed E-state index contributed by atoms with van der Waals surface area (Å²) in [5, 5.41) is 3.34. The number of rotatable bonds is 6. The number of nitrogens with one attached hydrogen (secondary N) is 1. The molecule has 0 radical (unpaired) electrons. The maximum absolute atomic E-state index is 12.9. The van der Waals surface area contributed by atoms with Gasteiger partial charge in [-0.15, -0.1) is 0 Å². The van der Waals surface area contributed by atoms with E-state index in [0.29, 0.717) is 27.3 Å². The summed E-state index contributed by atoms with van der Waals surface area (Å²) in [7, 11) is 0. The first-order chi connectivity index (χ1) is 13.8. The summed E-state index contributed by atoms with van der Waals surface area (Å²) in [6.07, 6.45) is 0. The maximum atomic E-state index is 12.9. The highest BCUT2D eigenvalue weighted by Crippen LogP contribution is 2.27. The number of fused-ring (bicyclic) bond motifs is 1. The summed E-state index contributed by atoms with van der Waals surface area (Å²) in [5.74, 6) is -0.232. The monoisotopic (exact) mass is 409 g/mol. The molecule has 0 aliphatic heterocycles. The van der Waals surface area contributed by atoms with Crippen molar-refractivity contribution in [2.75, 3.05) is 5.32 Å². The Hall–Kier alpha value is -2.93. The normalized spacial score (nSPS) is 12.2. The summed E-state index contributed by atoms with van der Waals surface area (Å²) < 4.78 is 1.64. The SMILES string of the molecule is CC(=O)Nc1ccc(C(=O)C(C)Sc2nc3ccccc3c(=O)n2C(C)C)cc1. The zero-order valence-electron chi connectivity index (χ0n) is 16.8. The molecular formula is C22H23N3O3S. The molecule has 150 valence electrons. The fourth-order valence-electron chi connectivity index (χ4n) is 3.03. The van der Waals surface area contributed by atoms with E-state index in [4.69, 9.17) is 0 Å². The number of ketones is 1. The first kappa shape index (κ1) is 20.8. The minimum Gasteiger partial charge on any atom is -0.326 e. The summed E-state index contributed by atoms with van der Waals surface area (Å²) in [6, 6.07) is 13.9. The highest BCUT2D eigenvalue weighted by Gasteiger charge is 2.21. The van der Waals surface area contributed by atoms with Crippen LogP contribution in [-0.2, 0) is 4.79 Å². The van der Waals surface area contributed by atoms with Crippen molar-refractivity contribution in [1.29, 1.82) is 0 Å². The molecule has 7 heteroatoms. The van der Waals surface area contributed by atoms with E-state index in [9.17, 15) is 14.4 Å². The van der Waals surface area contributed by atoms with Crippen molar-refractivity contribution in [3.63, 3.8) is 0 Å². The number of para-hydroxylation sites is 1. The molecule has 0 bridgehead atoms. The van der Waals surface area contributed by atoms with Gasteiger partial charge in [-0.05, 0) is 57.2 Å². The molecule has 3 aromatic rings. The lowest BCUT2D eigenvalue weighted by Crippen LogP contribution is -2.26. The van der Waals surface area contributed by atoms with Crippen molar-refractivity contribution < 1.29 is 9.59 Å². The Bertz CT molecular complexity index is 1120. The lowest BCUT2D eigenvalue weighted by atomic mass is 10.1. The van der Waals surface area contributed by atoms with Crippen molar-refractivity contribution in [1.82, 2.24) is 9.55 Å². The predicted octanol–water partition coefficient (Wildman–Crippen LogP) is 4.30. The number of carbonyl (C=O) groups is 2. The van der Waals surface area contributed by atoms with Crippen LogP contribution in [0.3, 0.4) is 0 Å². The largest absolute Gasteiger partial charge is 0.326 e. The topological polar surface area (TPSA) is 81.1 Å². The first-order valence-electron chi connectivity index (χ1n) is 9.37.